The largest absolute Gasteiger partial charge is 0.390 e. The van der Waals surface area contributed by atoms with Gasteiger partial charge in [0.2, 0.25) is 0 Å². The van der Waals surface area contributed by atoms with E-state index in [2.05, 4.69) is 4.98 Å². The number of aryl methyl sites for hydroxylation is 2. The summed E-state index contributed by atoms with van der Waals surface area (Å²) in [5.74, 6) is 0.491. The van der Waals surface area contributed by atoms with E-state index in [1.165, 1.54) is 9.13 Å². The summed E-state index contributed by atoms with van der Waals surface area (Å²) in [5.41, 5.74) is -0.455. The lowest BCUT2D eigenvalue weighted by Crippen LogP contribution is -2.46. The Kier molecular flexibility index (Phi) is 3.28. The van der Waals surface area contributed by atoms with Crippen LogP contribution in [0.4, 0.5) is 0 Å². The fourth-order valence-corrected chi connectivity index (χ4v) is 3.28. The van der Waals surface area contributed by atoms with Crippen LogP contribution in [-0.4, -0.2) is 29.4 Å². The molecule has 1 aliphatic rings. The first kappa shape index (κ1) is 15.0. The van der Waals surface area contributed by atoms with E-state index in [4.69, 9.17) is 0 Å². The molecule has 0 aliphatic heterocycles. The van der Waals surface area contributed by atoms with Crippen molar-refractivity contribution in [3.05, 3.63) is 27.2 Å². The van der Waals surface area contributed by atoms with Crippen LogP contribution in [-0.2, 0) is 20.6 Å². The Morgan fingerprint density at radius 2 is 1.95 bits per heavy atom. The maximum atomic E-state index is 12.6. The molecule has 0 aromatic carbocycles. The van der Waals surface area contributed by atoms with Gasteiger partial charge in [-0.15, -0.1) is 0 Å². The van der Waals surface area contributed by atoms with Crippen molar-refractivity contribution in [1.82, 2.24) is 18.7 Å². The molecule has 0 atom stereocenters. The Balaban J connectivity index is 1.94. The zero-order valence-electron chi connectivity index (χ0n) is 13.4. The summed E-state index contributed by atoms with van der Waals surface area (Å²) >= 11 is 0. The van der Waals surface area contributed by atoms with E-state index in [1.807, 2.05) is 0 Å². The number of imidazole rings is 1. The summed E-state index contributed by atoms with van der Waals surface area (Å²) in [6.45, 7) is 4.01. The molecule has 0 bridgehead atoms. The zero-order chi connectivity index (χ0) is 16.2. The summed E-state index contributed by atoms with van der Waals surface area (Å²) in [6, 6.07) is 0. The van der Waals surface area contributed by atoms with Crippen molar-refractivity contribution < 1.29 is 5.11 Å². The number of hydrogen-bond donors (Lipinski definition) is 1. The van der Waals surface area contributed by atoms with Gasteiger partial charge >= 0.3 is 5.69 Å². The minimum Gasteiger partial charge on any atom is -0.390 e. The van der Waals surface area contributed by atoms with Crippen LogP contribution in [0.25, 0.3) is 11.2 Å². The average Bonchev–Trinajstić information content (AvgIpc) is 2.74. The minimum atomic E-state index is -0.696. The quantitative estimate of drug-likeness (QED) is 0.880. The summed E-state index contributed by atoms with van der Waals surface area (Å²) < 4.78 is 4.37. The van der Waals surface area contributed by atoms with Crippen molar-refractivity contribution in [3.8, 4) is 0 Å². The standard InChI is InChI=1S/C15H22N4O3/c1-15(2,22)10-5-9(6-10)7-19-13(20)11-12(16-8-17(11)3)18(4)14(19)21/h8-10,22H,5-7H2,1-4H3. The molecule has 7 nitrogen and oxygen atoms in total. The number of nitrogens with zero attached hydrogens (tertiary/aromatic N) is 4. The van der Waals surface area contributed by atoms with Crippen molar-refractivity contribution in [1.29, 1.82) is 0 Å². The number of aliphatic hydroxyl groups is 1. The summed E-state index contributed by atoms with van der Waals surface area (Å²) in [5, 5.41) is 9.98. The fourth-order valence-electron chi connectivity index (χ4n) is 3.28. The van der Waals surface area contributed by atoms with E-state index < -0.39 is 5.60 Å². The van der Waals surface area contributed by atoms with Crippen molar-refractivity contribution >= 4 is 11.2 Å². The Morgan fingerprint density at radius 1 is 1.32 bits per heavy atom. The highest BCUT2D eigenvalue weighted by molar-refractivity contribution is 5.69. The Bertz CT molecular complexity index is 831. The molecule has 0 saturated heterocycles. The zero-order valence-corrected chi connectivity index (χ0v) is 13.4. The molecule has 1 fully saturated rings. The molecule has 1 N–H and O–H groups in total. The SMILES string of the molecule is Cn1cnc2c1c(=O)n(CC1CC(C(C)(C)O)C1)c(=O)n2C. The smallest absolute Gasteiger partial charge is 0.332 e. The molecule has 3 rings (SSSR count). The molecule has 2 aromatic rings. The molecular weight excluding hydrogens is 284 g/mol. The lowest BCUT2D eigenvalue weighted by atomic mass is 9.67. The highest BCUT2D eigenvalue weighted by Crippen LogP contribution is 2.41. The molecule has 2 aromatic heterocycles. The highest BCUT2D eigenvalue weighted by Gasteiger charge is 2.39. The van der Waals surface area contributed by atoms with Crippen LogP contribution in [0.5, 0.6) is 0 Å². The van der Waals surface area contributed by atoms with Gasteiger partial charge in [0.05, 0.1) is 11.9 Å². The summed E-state index contributed by atoms with van der Waals surface area (Å²) in [4.78, 5) is 29.1. The van der Waals surface area contributed by atoms with Gasteiger partial charge in [0, 0.05) is 20.6 Å². The average molecular weight is 306 g/mol. The second-order valence-electron chi connectivity index (χ2n) is 6.97. The summed E-state index contributed by atoms with van der Waals surface area (Å²) in [6.07, 6.45) is 3.22. The molecule has 1 saturated carbocycles. The first-order valence-corrected chi connectivity index (χ1v) is 7.53. The number of fused-ring (bicyclic) bond motifs is 1. The van der Waals surface area contributed by atoms with Crippen molar-refractivity contribution in [2.75, 3.05) is 0 Å². The third-order valence-corrected chi connectivity index (χ3v) is 4.88. The van der Waals surface area contributed by atoms with Crippen LogP contribution in [0.2, 0.25) is 0 Å². The van der Waals surface area contributed by atoms with Gasteiger partial charge in [0.25, 0.3) is 5.56 Å². The van der Waals surface area contributed by atoms with Gasteiger partial charge in [0.1, 0.15) is 0 Å². The Morgan fingerprint density at radius 3 is 2.55 bits per heavy atom. The van der Waals surface area contributed by atoms with E-state index in [1.54, 1.807) is 38.8 Å². The van der Waals surface area contributed by atoms with Crippen LogP contribution in [0.15, 0.2) is 15.9 Å². The monoisotopic (exact) mass is 306 g/mol. The van der Waals surface area contributed by atoms with Gasteiger partial charge in [-0.3, -0.25) is 13.9 Å². The first-order valence-electron chi connectivity index (χ1n) is 7.53. The van der Waals surface area contributed by atoms with Gasteiger partial charge < -0.3 is 9.67 Å². The van der Waals surface area contributed by atoms with Crippen LogP contribution < -0.4 is 11.2 Å². The van der Waals surface area contributed by atoms with Gasteiger partial charge in [0.15, 0.2) is 11.2 Å². The van der Waals surface area contributed by atoms with Crippen molar-refractivity contribution in [2.24, 2.45) is 25.9 Å². The maximum absolute atomic E-state index is 12.6. The molecular formula is C15H22N4O3. The van der Waals surface area contributed by atoms with Crippen molar-refractivity contribution in [3.63, 3.8) is 0 Å². The number of aromatic nitrogens is 4. The van der Waals surface area contributed by atoms with Gasteiger partial charge in [-0.1, -0.05) is 0 Å². The van der Waals surface area contributed by atoms with E-state index in [9.17, 15) is 14.7 Å². The molecule has 7 heteroatoms. The molecule has 1 aliphatic carbocycles. The Hall–Kier alpha value is -1.89. The highest BCUT2D eigenvalue weighted by atomic mass is 16.3. The lowest BCUT2D eigenvalue weighted by Gasteiger charge is -2.42. The fraction of sp³-hybridized carbons (Fsp3) is 0.667. The van der Waals surface area contributed by atoms with Crippen molar-refractivity contribution in [2.45, 2.75) is 38.8 Å². The van der Waals surface area contributed by atoms with Gasteiger partial charge in [-0.25, -0.2) is 9.78 Å². The van der Waals surface area contributed by atoms with E-state index in [0.29, 0.717) is 17.7 Å². The second kappa shape index (κ2) is 4.81. The van der Waals surface area contributed by atoms with E-state index >= 15 is 0 Å². The minimum absolute atomic E-state index is 0.234. The maximum Gasteiger partial charge on any atom is 0.332 e. The number of hydrogen-bond acceptors (Lipinski definition) is 4. The lowest BCUT2D eigenvalue weighted by molar-refractivity contribution is -0.0466. The topological polar surface area (TPSA) is 82.1 Å². The van der Waals surface area contributed by atoms with Gasteiger partial charge in [-0.2, -0.15) is 0 Å². The van der Waals surface area contributed by atoms with E-state index in [-0.39, 0.29) is 23.1 Å². The molecule has 0 radical (unpaired) electrons. The van der Waals surface area contributed by atoms with Crippen LogP contribution in [0.3, 0.4) is 0 Å². The predicted octanol–water partition coefficient (Wildman–Crippen LogP) is 0.231. The van der Waals surface area contributed by atoms with Gasteiger partial charge in [-0.05, 0) is 38.5 Å². The number of rotatable bonds is 3. The normalized spacial score (nSPS) is 22.0. The third-order valence-electron chi connectivity index (χ3n) is 4.88. The van der Waals surface area contributed by atoms with Crippen LogP contribution in [0.1, 0.15) is 26.7 Å². The van der Waals surface area contributed by atoms with Crippen LogP contribution in [0, 0.1) is 11.8 Å². The van der Waals surface area contributed by atoms with Crippen LogP contribution >= 0.6 is 0 Å². The summed E-state index contributed by atoms with van der Waals surface area (Å²) in [7, 11) is 3.38. The molecule has 0 spiro atoms. The molecule has 0 amide bonds. The first-order chi connectivity index (χ1) is 10.2. The molecule has 2 heterocycles. The Labute approximate surface area is 127 Å². The van der Waals surface area contributed by atoms with E-state index in [0.717, 1.165) is 12.8 Å². The predicted molar refractivity (Wildman–Crippen MR) is 82.7 cm³/mol. The molecule has 120 valence electrons. The second-order valence-corrected chi connectivity index (χ2v) is 6.97. The molecule has 22 heavy (non-hydrogen) atoms. The molecule has 0 unspecified atom stereocenters. The third kappa shape index (κ3) is 2.20.